The summed E-state index contributed by atoms with van der Waals surface area (Å²) in [6.07, 6.45) is 0. The van der Waals surface area contributed by atoms with Gasteiger partial charge in [0.2, 0.25) is 11.8 Å². The Balaban J connectivity index is 1.80. The van der Waals surface area contributed by atoms with Crippen molar-refractivity contribution in [3.8, 4) is 11.5 Å². The number of carbonyl (C=O) groups excluding carboxylic acids is 1. The van der Waals surface area contributed by atoms with E-state index < -0.39 is 0 Å². The average Bonchev–Trinajstić information content (AvgIpc) is 3.00. The van der Waals surface area contributed by atoms with E-state index in [-0.39, 0.29) is 25.0 Å². The van der Waals surface area contributed by atoms with Crippen molar-refractivity contribution >= 4 is 5.91 Å². The molecule has 2 aromatic rings. The highest BCUT2D eigenvalue weighted by atomic mass is 16.5. The van der Waals surface area contributed by atoms with E-state index >= 15 is 0 Å². The van der Waals surface area contributed by atoms with Gasteiger partial charge in [0.1, 0.15) is 0 Å². The minimum absolute atomic E-state index is 0.119. The van der Waals surface area contributed by atoms with Gasteiger partial charge in [-0.1, -0.05) is 26.0 Å². The van der Waals surface area contributed by atoms with Gasteiger partial charge in [-0.15, -0.1) is 10.2 Å². The monoisotopic (exact) mass is 305 g/mol. The van der Waals surface area contributed by atoms with Crippen LogP contribution in [0.25, 0.3) is 0 Å². The molecule has 1 heterocycles. The third kappa shape index (κ3) is 4.21. The van der Waals surface area contributed by atoms with Crippen LogP contribution in [0.1, 0.15) is 31.5 Å². The number of amides is 1. The molecule has 1 aromatic carbocycles. The predicted molar refractivity (Wildman–Crippen MR) is 78.7 cm³/mol. The number of benzene rings is 1. The van der Waals surface area contributed by atoms with Gasteiger partial charge >= 0.3 is 0 Å². The fourth-order valence-electron chi connectivity index (χ4n) is 1.68. The molecule has 0 aliphatic heterocycles. The third-order valence-electron chi connectivity index (χ3n) is 2.84. The smallest absolute Gasteiger partial charge is 0.258 e. The van der Waals surface area contributed by atoms with E-state index in [1.165, 1.54) is 0 Å². The van der Waals surface area contributed by atoms with Gasteiger partial charge in [0.25, 0.3) is 5.91 Å². The Morgan fingerprint density at radius 3 is 2.64 bits per heavy atom. The van der Waals surface area contributed by atoms with E-state index in [1.54, 1.807) is 19.2 Å². The number of aromatic nitrogens is 2. The van der Waals surface area contributed by atoms with Crippen LogP contribution in [0.15, 0.2) is 28.7 Å². The van der Waals surface area contributed by atoms with Gasteiger partial charge < -0.3 is 19.2 Å². The zero-order valence-corrected chi connectivity index (χ0v) is 12.8. The van der Waals surface area contributed by atoms with Crippen molar-refractivity contribution < 1.29 is 18.7 Å². The van der Waals surface area contributed by atoms with Crippen LogP contribution in [-0.4, -0.2) is 29.8 Å². The maximum Gasteiger partial charge on any atom is 0.258 e. The molecule has 22 heavy (non-hydrogen) atoms. The van der Waals surface area contributed by atoms with Crippen molar-refractivity contribution in [3.05, 3.63) is 36.0 Å². The van der Waals surface area contributed by atoms with Crippen molar-refractivity contribution in [2.45, 2.75) is 26.3 Å². The Morgan fingerprint density at radius 1 is 1.27 bits per heavy atom. The van der Waals surface area contributed by atoms with Gasteiger partial charge in [-0.25, -0.2) is 0 Å². The number of rotatable bonds is 7. The van der Waals surface area contributed by atoms with Gasteiger partial charge in [-0.2, -0.15) is 0 Å². The normalized spacial score (nSPS) is 10.5. The highest BCUT2D eigenvalue weighted by molar-refractivity contribution is 5.77. The fraction of sp³-hybridized carbons (Fsp3) is 0.400. The van der Waals surface area contributed by atoms with Gasteiger partial charge in [0.15, 0.2) is 18.1 Å². The summed E-state index contributed by atoms with van der Waals surface area (Å²) in [6, 6.07) is 7.13. The molecule has 1 amide bonds. The Bertz CT molecular complexity index is 625. The number of hydrogen-bond donors (Lipinski definition) is 1. The summed E-state index contributed by atoms with van der Waals surface area (Å²) in [5.41, 5.74) is 0. The Kier molecular flexibility index (Phi) is 5.35. The molecule has 0 spiro atoms. The predicted octanol–water partition coefficient (Wildman–Crippen LogP) is 1.90. The summed E-state index contributed by atoms with van der Waals surface area (Å²) in [5.74, 6) is 1.89. The SMILES string of the molecule is COc1ccccc1OCC(=O)NCc1nnc(C(C)C)o1. The van der Waals surface area contributed by atoms with Crippen LogP contribution in [0.2, 0.25) is 0 Å². The number of para-hydroxylation sites is 2. The van der Waals surface area contributed by atoms with Crippen LogP contribution in [0.3, 0.4) is 0 Å². The second-order valence-corrected chi connectivity index (χ2v) is 4.91. The largest absolute Gasteiger partial charge is 0.493 e. The number of ether oxygens (including phenoxy) is 2. The Morgan fingerprint density at radius 2 is 2.00 bits per heavy atom. The summed E-state index contributed by atoms with van der Waals surface area (Å²) >= 11 is 0. The second kappa shape index (κ2) is 7.44. The topological polar surface area (TPSA) is 86.5 Å². The lowest BCUT2D eigenvalue weighted by molar-refractivity contribution is -0.123. The fourth-order valence-corrected chi connectivity index (χ4v) is 1.68. The van der Waals surface area contributed by atoms with E-state index in [1.807, 2.05) is 26.0 Å². The third-order valence-corrected chi connectivity index (χ3v) is 2.84. The molecule has 0 saturated heterocycles. The molecular weight excluding hydrogens is 286 g/mol. The van der Waals surface area contributed by atoms with E-state index in [0.29, 0.717) is 23.3 Å². The van der Waals surface area contributed by atoms with Crippen molar-refractivity contribution in [3.63, 3.8) is 0 Å². The number of nitrogens with one attached hydrogen (secondary N) is 1. The van der Waals surface area contributed by atoms with Crippen molar-refractivity contribution in [1.29, 1.82) is 0 Å². The van der Waals surface area contributed by atoms with Crippen LogP contribution in [0.5, 0.6) is 11.5 Å². The minimum Gasteiger partial charge on any atom is -0.493 e. The Labute approximate surface area is 128 Å². The highest BCUT2D eigenvalue weighted by Crippen LogP contribution is 2.25. The lowest BCUT2D eigenvalue weighted by Gasteiger charge is -2.09. The summed E-state index contributed by atoms with van der Waals surface area (Å²) in [5, 5.41) is 10.4. The van der Waals surface area contributed by atoms with E-state index in [9.17, 15) is 4.79 Å². The molecule has 0 aliphatic carbocycles. The molecule has 118 valence electrons. The maximum absolute atomic E-state index is 11.8. The molecule has 0 bridgehead atoms. The average molecular weight is 305 g/mol. The molecule has 0 atom stereocenters. The molecule has 0 fully saturated rings. The lowest BCUT2D eigenvalue weighted by atomic mass is 10.2. The number of methoxy groups -OCH3 is 1. The van der Waals surface area contributed by atoms with Crippen molar-refractivity contribution in [1.82, 2.24) is 15.5 Å². The second-order valence-electron chi connectivity index (χ2n) is 4.91. The van der Waals surface area contributed by atoms with Crippen LogP contribution in [-0.2, 0) is 11.3 Å². The standard InChI is InChI=1S/C15H19N3O4/c1-10(2)15-18-17-14(22-15)8-16-13(19)9-21-12-7-5-4-6-11(12)20-3/h4-7,10H,8-9H2,1-3H3,(H,16,19). The Hall–Kier alpha value is -2.57. The zero-order chi connectivity index (χ0) is 15.9. The molecule has 2 rings (SSSR count). The molecule has 0 aliphatic rings. The van der Waals surface area contributed by atoms with Gasteiger partial charge in [0, 0.05) is 5.92 Å². The van der Waals surface area contributed by atoms with E-state index in [4.69, 9.17) is 13.9 Å². The molecule has 0 unspecified atom stereocenters. The number of nitrogens with zero attached hydrogens (tertiary/aromatic N) is 2. The maximum atomic E-state index is 11.8. The summed E-state index contributed by atoms with van der Waals surface area (Å²) in [4.78, 5) is 11.8. The first-order valence-corrected chi connectivity index (χ1v) is 6.95. The van der Waals surface area contributed by atoms with Crippen LogP contribution < -0.4 is 14.8 Å². The van der Waals surface area contributed by atoms with Crippen LogP contribution in [0.4, 0.5) is 0 Å². The lowest BCUT2D eigenvalue weighted by Crippen LogP contribution is -2.28. The minimum atomic E-state index is -0.282. The quantitative estimate of drug-likeness (QED) is 0.840. The van der Waals surface area contributed by atoms with Gasteiger partial charge in [-0.05, 0) is 12.1 Å². The van der Waals surface area contributed by atoms with Crippen molar-refractivity contribution in [2.24, 2.45) is 0 Å². The summed E-state index contributed by atoms with van der Waals surface area (Å²) < 4.78 is 16.0. The molecular formula is C15H19N3O4. The van der Waals surface area contributed by atoms with E-state index in [2.05, 4.69) is 15.5 Å². The zero-order valence-electron chi connectivity index (χ0n) is 12.8. The molecule has 7 nitrogen and oxygen atoms in total. The van der Waals surface area contributed by atoms with Gasteiger partial charge in [-0.3, -0.25) is 4.79 Å². The first-order chi connectivity index (χ1) is 10.6. The summed E-state index contributed by atoms with van der Waals surface area (Å²) in [7, 11) is 1.55. The molecule has 1 aromatic heterocycles. The highest BCUT2D eigenvalue weighted by Gasteiger charge is 2.11. The van der Waals surface area contributed by atoms with Crippen LogP contribution >= 0.6 is 0 Å². The molecule has 1 N–H and O–H groups in total. The first kappa shape index (κ1) is 15.8. The molecule has 0 radical (unpaired) electrons. The molecule has 0 saturated carbocycles. The number of carbonyl (C=O) groups is 1. The summed E-state index contributed by atoms with van der Waals surface area (Å²) in [6.45, 7) is 3.97. The van der Waals surface area contributed by atoms with Gasteiger partial charge in [0.05, 0.1) is 13.7 Å². The first-order valence-electron chi connectivity index (χ1n) is 6.95. The number of hydrogen-bond acceptors (Lipinski definition) is 6. The van der Waals surface area contributed by atoms with Crippen molar-refractivity contribution in [2.75, 3.05) is 13.7 Å². The van der Waals surface area contributed by atoms with E-state index in [0.717, 1.165) is 0 Å². The van der Waals surface area contributed by atoms with Crippen LogP contribution in [0, 0.1) is 0 Å². The molecule has 7 heteroatoms.